The van der Waals surface area contributed by atoms with Gasteiger partial charge in [0.25, 0.3) is 5.69 Å². The van der Waals surface area contributed by atoms with Gasteiger partial charge in [0.05, 0.1) is 24.0 Å². The van der Waals surface area contributed by atoms with Crippen molar-refractivity contribution in [3.05, 3.63) is 141 Å². The van der Waals surface area contributed by atoms with E-state index >= 15 is 0 Å². The van der Waals surface area contributed by atoms with Gasteiger partial charge in [-0.3, -0.25) is 24.5 Å². The third-order valence-corrected chi connectivity index (χ3v) is 8.84. The molecule has 0 saturated carbocycles. The quantitative estimate of drug-likeness (QED) is 0.182. The first kappa shape index (κ1) is 26.3. The molecule has 4 aromatic rings. The Morgan fingerprint density at radius 1 is 0.907 bits per heavy atom. The number of nitrogens with one attached hydrogen (secondary N) is 1. The normalized spacial score (nSPS) is 22.9. The summed E-state index contributed by atoms with van der Waals surface area (Å²) < 4.78 is 5.39. The summed E-state index contributed by atoms with van der Waals surface area (Å²) in [7, 11) is 1.51. The number of carbonyl (C=O) groups excluding carboxylic acids is 3. The van der Waals surface area contributed by atoms with E-state index in [0.29, 0.717) is 22.6 Å². The van der Waals surface area contributed by atoms with Gasteiger partial charge in [0.15, 0.2) is 11.6 Å². The first-order chi connectivity index (χ1) is 20.9. The van der Waals surface area contributed by atoms with Gasteiger partial charge in [0.2, 0.25) is 5.91 Å². The van der Waals surface area contributed by atoms with Crippen LogP contribution >= 0.6 is 0 Å². The predicted octanol–water partition coefficient (Wildman–Crippen LogP) is 5.59. The van der Waals surface area contributed by atoms with E-state index in [1.807, 2.05) is 53.4 Å². The molecule has 1 amide bonds. The summed E-state index contributed by atoms with van der Waals surface area (Å²) in [5.74, 6) is -1.88. The lowest BCUT2D eigenvalue weighted by molar-refractivity contribution is -0.384. The number of benzene rings is 4. The van der Waals surface area contributed by atoms with Crippen LogP contribution in [0.3, 0.4) is 0 Å². The van der Waals surface area contributed by atoms with Crippen LogP contribution < -0.4 is 10.1 Å². The lowest BCUT2D eigenvalue weighted by Crippen LogP contribution is -2.49. The number of methoxy groups -OCH3 is 1. The number of para-hydroxylation sites is 1. The maximum atomic E-state index is 14.8. The van der Waals surface area contributed by atoms with Crippen molar-refractivity contribution < 1.29 is 24.0 Å². The number of hydrogen-bond acceptors (Lipinski definition) is 7. The second-order valence-electron chi connectivity index (χ2n) is 10.9. The molecule has 3 aliphatic heterocycles. The molecule has 43 heavy (non-hydrogen) atoms. The molecule has 1 N–H and O–H groups in total. The largest absolute Gasteiger partial charge is 0.497 e. The molecular formula is C34H25N3O6. The Morgan fingerprint density at radius 3 is 2.42 bits per heavy atom. The predicted molar refractivity (Wildman–Crippen MR) is 159 cm³/mol. The van der Waals surface area contributed by atoms with E-state index in [-0.39, 0.29) is 22.9 Å². The molecule has 3 heterocycles. The molecule has 0 bridgehead atoms. The number of nitro groups is 1. The Kier molecular flexibility index (Phi) is 5.98. The molecule has 4 aromatic carbocycles. The molecular weight excluding hydrogens is 546 g/mol. The zero-order chi connectivity index (χ0) is 29.9. The standard InChI is InChI=1S/C34H25N3O6/c1-43-24-9-6-8-22(19-24)31(39)29-28(30(38)21-13-15-23(16-14-21)37(41)42)34(26-11-4-5-12-27(26)35-33(34)40)32-25-10-3-2-7-20(25)17-18-36(29)32/h2-19,28-29,32H,1H3,(H,35,40)/t28-,29-,32+,34+/m0/s1. The maximum Gasteiger partial charge on any atom is 0.269 e. The van der Waals surface area contributed by atoms with Crippen LogP contribution in [-0.2, 0) is 10.2 Å². The maximum absolute atomic E-state index is 14.8. The fraction of sp³-hybridized carbons (Fsp3) is 0.147. The van der Waals surface area contributed by atoms with Gasteiger partial charge in [-0.25, -0.2) is 0 Å². The van der Waals surface area contributed by atoms with Crippen molar-refractivity contribution in [2.45, 2.75) is 17.5 Å². The number of ketones is 2. The fourth-order valence-corrected chi connectivity index (χ4v) is 7.04. The van der Waals surface area contributed by atoms with E-state index in [1.54, 1.807) is 36.5 Å². The topological polar surface area (TPSA) is 119 Å². The summed E-state index contributed by atoms with van der Waals surface area (Å²) in [6, 6.07) is 25.2. The van der Waals surface area contributed by atoms with Crippen molar-refractivity contribution >= 4 is 34.9 Å². The van der Waals surface area contributed by atoms with E-state index in [9.17, 15) is 24.5 Å². The second-order valence-corrected chi connectivity index (χ2v) is 10.9. The molecule has 4 atom stereocenters. The van der Waals surface area contributed by atoms with Crippen LogP contribution in [-0.4, -0.2) is 40.4 Å². The average Bonchev–Trinajstić information content (AvgIpc) is 3.52. The molecule has 9 nitrogen and oxygen atoms in total. The summed E-state index contributed by atoms with van der Waals surface area (Å²) in [5, 5.41) is 14.4. The van der Waals surface area contributed by atoms with Gasteiger partial charge in [0.1, 0.15) is 17.2 Å². The third kappa shape index (κ3) is 3.74. The monoisotopic (exact) mass is 571 g/mol. The third-order valence-electron chi connectivity index (χ3n) is 8.84. The van der Waals surface area contributed by atoms with Crippen LogP contribution in [0.5, 0.6) is 5.75 Å². The molecule has 0 radical (unpaired) electrons. The zero-order valence-electron chi connectivity index (χ0n) is 23.0. The van der Waals surface area contributed by atoms with Crippen molar-refractivity contribution in [2.24, 2.45) is 5.92 Å². The highest BCUT2D eigenvalue weighted by Crippen LogP contribution is 2.62. The molecule has 1 saturated heterocycles. The van der Waals surface area contributed by atoms with Crippen molar-refractivity contribution in [1.82, 2.24) is 4.90 Å². The van der Waals surface area contributed by atoms with Crippen LogP contribution in [0.4, 0.5) is 11.4 Å². The van der Waals surface area contributed by atoms with E-state index in [1.165, 1.54) is 31.4 Å². The number of non-ortho nitro benzene ring substituents is 1. The first-order valence-electron chi connectivity index (χ1n) is 13.8. The summed E-state index contributed by atoms with van der Waals surface area (Å²) >= 11 is 0. The van der Waals surface area contributed by atoms with Gasteiger partial charge >= 0.3 is 0 Å². The number of nitrogens with zero attached hydrogens (tertiary/aromatic N) is 2. The Bertz CT molecular complexity index is 1870. The number of anilines is 1. The molecule has 0 aliphatic carbocycles. The lowest BCUT2D eigenvalue weighted by Gasteiger charge is -2.38. The van der Waals surface area contributed by atoms with Gasteiger partial charge in [-0.15, -0.1) is 0 Å². The van der Waals surface area contributed by atoms with E-state index in [4.69, 9.17) is 4.74 Å². The average molecular weight is 572 g/mol. The Labute approximate surface area is 246 Å². The van der Waals surface area contributed by atoms with Crippen LogP contribution in [0.25, 0.3) is 6.08 Å². The van der Waals surface area contributed by atoms with Crippen molar-refractivity contribution in [1.29, 1.82) is 0 Å². The molecule has 7 rings (SSSR count). The minimum atomic E-state index is -1.49. The molecule has 1 fully saturated rings. The minimum Gasteiger partial charge on any atom is -0.497 e. The highest BCUT2D eigenvalue weighted by Gasteiger charge is 2.70. The number of Topliss-reactive ketones (excluding diaryl/α,β-unsaturated/α-hetero) is 2. The Hall–Kier alpha value is -5.57. The van der Waals surface area contributed by atoms with Gasteiger partial charge < -0.3 is 15.0 Å². The van der Waals surface area contributed by atoms with Crippen LogP contribution in [0.15, 0.2) is 103 Å². The highest BCUT2D eigenvalue weighted by molar-refractivity contribution is 6.16. The van der Waals surface area contributed by atoms with Crippen LogP contribution in [0.1, 0.15) is 43.4 Å². The summed E-state index contributed by atoms with van der Waals surface area (Å²) in [5.41, 5.74) is 1.76. The summed E-state index contributed by atoms with van der Waals surface area (Å²) in [6.07, 6.45) is 3.69. The van der Waals surface area contributed by atoms with E-state index < -0.39 is 34.1 Å². The number of fused-ring (bicyclic) bond motifs is 6. The van der Waals surface area contributed by atoms with E-state index in [0.717, 1.165) is 11.1 Å². The lowest BCUT2D eigenvalue weighted by atomic mass is 9.62. The second kappa shape index (κ2) is 9.77. The zero-order valence-corrected chi connectivity index (χ0v) is 23.0. The number of nitro benzene ring substituents is 1. The molecule has 9 heteroatoms. The first-order valence-corrected chi connectivity index (χ1v) is 13.8. The SMILES string of the molecule is COc1cccc(C(=O)[C@@H]2[C@@H](C(=O)c3ccc([N+](=O)[O-])cc3)[C@@]3(C(=O)Nc4ccccc43)[C@H]3c4ccccc4C=CN23)c1. The number of carbonyl (C=O) groups is 3. The molecule has 0 unspecified atom stereocenters. The van der Waals surface area contributed by atoms with Crippen LogP contribution in [0.2, 0.25) is 0 Å². The molecule has 212 valence electrons. The van der Waals surface area contributed by atoms with Gasteiger partial charge in [-0.05, 0) is 53.1 Å². The van der Waals surface area contributed by atoms with Crippen molar-refractivity contribution in [3.8, 4) is 5.75 Å². The van der Waals surface area contributed by atoms with Crippen LogP contribution in [0, 0.1) is 16.0 Å². The molecule has 0 aromatic heterocycles. The van der Waals surface area contributed by atoms with Gasteiger partial charge in [0, 0.05) is 35.1 Å². The Morgan fingerprint density at radius 2 is 1.65 bits per heavy atom. The van der Waals surface area contributed by atoms with Crippen molar-refractivity contribution in [2.75, 3.05) is 12.4 Å². The van der Waals surface area contributed by atoms with Gasteiger partial charge in [-0.1, -0.05) is 54.6 Å². The van der Waals surface area contributed by atoms with Crippen molar-refractivity contribution in [3.63, 3.8) is 0 Å². The highest BCUT2D eigenvalue weighted by atomic mass is 16.6. The number of amides is 1. The molecule has 1 spiro atoms. The van der Waals surface area contributed by atoms with E-state index in [2.05, 4.69) is 5.32 Å². The molecule has 3 aliphatic rings. The number of hydrogen-bond donors (Lipinski definition) is 1. The summed E-state index contributed by atoms with van der Waals surface area (Å²) in [6.45, 7) is 0. The minimum absolute atomic E-state index is 0.167. The number of ether oxygens (including phenoxy) is 1. The smallest absolute Gasteiger partial charge is 0.269 e. The Balaban J connectivity index is 1.51. The number of rotatable bonds is 6. The van der Waals surface area contributed by atoms with Gasteiger partial charge in [-0.2, -0.15) is 0 Å². The summed E-state index contributed by atoms with van der Waals surface area (Å²) in [4.78, 5) is 56.6. The fourth-order valence-electron chi connectivity index (χ4n) is 7.04.